The summed E-state index contributed by atoms with van der Waals surface area (Å²) in [6.07, 6.45) is 0. The fraction of sp³-hybridized carbons (Fsp3) is 0.167. The first-order valence-electron chi connectivity index (χ1n) is 5.04. The molecule has 0 fully saturated rings. The molecule has 5 heteroatoms. The lowest BCUT2D eigenvalue weighted by Crippen LogP contribution is -2.01. The molecule has 1 heterocycles. The van der Waals surface area contributed by atoms with Crippen molar-refractivity contribution in [3.63, 3.8) is 0 Å². The van der Waals surface area contributed by atoms with Crippen molar-refractivity contribution in [2.75, 3.05) is 6.61 Å². The molecule has 0 unspecified atom stereocenters. The molecule has 0 saturated heterocycles. The van der Waals surface area contributed by atoms with Gasteiger partial charge in [-0.2, -0.15) is 5.26 Å². The molecule has 0 spiro atoms. The van der Waals surface area contributed by atoms with E-state index in [1.54, 1.807) is 11.6 Å². The van der Waals surface area contributed by atoms with Gasteiger partial charge >= 0.3 is 0 Å². The van der Waals surface area contributed by atoms with E-state index < -0.39 is 6.61 Å². The summed E-state index contributed by atoms with van der Waals surface area (Å²) in [4.78, 5) is 4.26. The van der Waals surface area contributed by atoms with Gasteiger partial charge in [-0.25, -0.2) is 4.98 Å². The SMILES string of the molecule is Cn1c(C(C#N)=C(O)CO)nc2ccccc21. The number of aryl methyl sites for hydroxylation is 1. The van der Waals surface area contributed by atoms with Gasteiger partial charge in [-0.1, -0.05) is 12.1 Å². The number of aromatic nitrogens is 2. The number of hydrogen-bond acceptors (Lipinski definition) is 4. The molecule has 0 aliphatic carbocycles. The summed E-state index contributed by atoms with van der Waals surface area (Å²) in [7, 11) is 1.76. The number of aliphatic hydroxyl groups excluding tert-OH is 2. The van der Waals surface area contributed by atoms with E-state index >= 15 is 0 Å². The second kappa shape index (κ2) is 4.28. The van der Waals surface area contributed by atoms with Crippen molar-refractivity contribution in [3.8, 4) is 6.07 Å². The van der Waals surface area contributed by atoms with Crippen molar-refractivity contribution in [3.05, 3.63) is 35.8 Å². The zero-order chi connectivity index (χ0) is 12.4. The normalized spacial score (nSPS) is 12.3. The predicted octanol–water partition coefficient (Wildman–Crippen LogP) is 1.36. The van der Waals surface area contributed by atoms with Crippen LogP contribution in [0.4, 0.5) is 0 Å². The van der Waals surface area contributed by atoms with E-state index in [1.165, 1.54) is 0 Å². The highest BCUT2D eigenvalue weighted by Crippen LogP contribution is 2.21. The Labute approximate surface area is 97.9 Å². The minimum atomic E-state index is -0.577. The van der Waals surface area contributed by atoms with E-state index in [-0.39, 0.29) is 11.3 Å². The number of aliphatic hydroxyl groups is 2. The second-order valence-corrected chi connectivity index (χ2v) is 3.57. The average Bonchev–Trinajstić information content (AvgIpc) is 2.68. The molecule has 17 heavy (non-hydrogen) atoms. The second-order valence-electron chi connectivity index (χ2n) is 3.57. The summed E-state index contributed by atoms with van der Waals surface area (Å²) in [5.74, 6) is -0.0221. The van der Waals surface area contributed by atoms with Gasteiger partial charge < -0.3 is 14.8 Å². The Morgan fingerprint density at radius 1 is 1.47 bits per heavy atom. The van der Waals surface area contributed by atoms with Gasteiger partial charge in [0, 0.05) is 7.05 Å². The number of imidazole rings is 1. The molecular formula is C12H11N3O2. The van der Waals surface area contributed by atoms with Crippen LogP contribution in [0.5, 0.6) is 0 Å². The molecule has 1 aromatic carbocycles. The van der Waals surface area contributed by atoms with E-state index in [0.29, 0.717) is 5.82 Å². The first kappa shape index (κ1) is 11.2. The van der Waals surface area contributed by atoms with Gasteiger partial charge in [-0.3, -0.25) is 0 Å². The summed E-state index contributed by atoms with van der Waals surface area (Å²) < 4.78 is 1.71. The first-order valence-corrected chi connectivity index (χ1v) is 5.04. The maximum Gasteiger partial charge on any atom is 0.155 e. The summed E-state index contributed by atoms with van der Waals surface area (Å²) >= 11 is 0. The third-order valence-electron chi connectivity index (χ3n) is 2.56. The van der Waals surface area contributed by atoms with Crippen molar-refractivity contribution in [2.45, 2.75) is 0 Å². The van der Waals surface area contributed by atoms with Crippen molar-refractivity contribution >= 4 is 16.6 Å². The maximum absolute atomic E-state index is 9.47. The fourth-order valence-corrected chi connectivity index (χ4v) is 1.69. The molecule has 5 nitrogen and oxygen atoms in total. The number of benzene rings is 1. The molecule has 2 aromatic rings. The van der Waals surface area contributed by atoms with Crippen LogP contribution in [-0.4, -0.2) is 26.4 Å². The number of rotatable bonds is 2. The largest absolute Gasteiger partial charge is 0.508 e. The molecule has 0 radical (unpaired) electrons. The van der Waals surface area contributed by atoms with Crippen molar-refractivity contribution in [2.24, 2.45) is 7.05 Å². The van der Waals surface area contributed by atoms with Gasteiger partial charge in [0.25, 0.3) is 0 Å². The Hall–Kier alpha value is -2.32. The summed E-state index contributed by atoms with van der Waals surface area (Å²) in [5, 5.41) is 27.3. The van der Waals surface area contributed by atoms with Gasteiger partial charge in [0.1, 0.15) is 24.0 Å². The van der Waals surface area contributed by atoms with Gasteiger partial charge in [0.15, 0.2) is 5.82 Å². The molecular weight excluding hydrogens is 218 g/mol. The van der Waals surface area contributed by atoms with Gasteiger partial charge in [0.05, 0.1) is 11.0 Å². The third kappa shape index (κ3) is 1.75. The van der Waals surface area contributed by atoms with Crippen LogP contribution in [0, 0.1) is 11.3 Å². The lowest BCUT2D eigenvalue weighted by molar-refractivity contribution is 0.255. The van der Waals surface area contributed by atoms with E-state index in [0.717, 1.165) is 11.0 Å². The molecule has 2 rings (SSSR count). The minimum Gasteiger partial charge on any atom is -0.508 e. The molecule has 0 bridgehead atoms. The fourth-order valence-electron chi connectivity index (χ4n) is 1.69. The lowest BCUT2D eigenvalue weighted by Gasteiger charge is -2.02. The van der Waals surface area contributed by atoms with Gasteiger partial charge in [-0.15, -0.1) is 0 Å². The zero-order valence-electron chi connectivity index (χ0n) is 9.25. The van der Waals surface area contributed by atoms with Crippen LogP contribution in [0.3, 0.4) is 0 Å². The van der Waals surface area contributed by atoms with Crippen LogP contribution in [0.15, 0.2) is 30.0 Å². The van der Waals surface area contributed by atoms with E-state index in [2.05, 4.69) is 4.98 Å². The number of para-hydroxylation sites is 2. The molecule has 2 N–H and O–H groups in total. The highest BCUT2D eigenvalue weighted by molar-refractivity contribution is 5.83. The van der Waals surface area contributed by atoms with Crippen molar-refractivity contribution in [1.29, 1.82) is 5.26 Å². The van der Waals surface area contributed by atoms with Crippen molar-refractivity contribution in [1.82, 2.24) is 9.55 Å². The lowest BCUT2D eigenvalue weighted by atomic mass is 10.2. The standard InChI is InChI=1S/C12H11N3O2/c1-15-10-5-3-2-4-9(10)14-12(15)8(6-13)11(17)7-16/h2-5,16-17H,7H2,1H3. The number of nitriles is 1. The van der Waals surface area contributed by atoms with Crippen LogP contribution in [-0.2, 0) is 7.05 Å². The summed E-state index contributed by atoms with van der Waals surface area (Å²) in [6.45, 7) is -0.577. The van der Waals surface area contributed by atoms with Crippen LogP contribution < -0.4 is 0 Å². The van der Waals surface area contributed by atoms with E-state index in [4.69, 9.17) is 10.4 Å². The minimum absolute atomic E-state index is 0.00815. The molecule has 0 aliphatic heterocycles. The van der Waals surface area contributed by atoms with Crippen molar-refractivity contribution < 1.29 is 10.2 Å². The maximum atomic E-state index is 9.47. The Morgan fingerprint density at radius 3 is 2.76 bits per heavy atom. The average molecular weight is 229 g/mol. The first-order chi connectivity index (χ1) is 8.19. The molecule has 0 atom stereocenters. The predicted molar refractivity (Wildman–Crippen MR) is 63.0 cm³/mol. The number of fused-ring (bicyclic) bond motifs is 1. The Bertz CT molecular complexity index is 635. The van der Waals surface area contributed by atoms with Crippen LogP contribution in [0.2, 0.25) is 0 Å². The van der Waals surface area contributed by atoms with Crippen LogP contribution in [0.25, 0.3) is 16.6 Å². The van der Waals surface area contributed by atoms with Gasteiger partial charge in [0.2, 0.25) is 0 Å². The van der Waals surface area contributed by atoms with E-state index in [9.17, 15) is 5.11 Å². The highest BCUT2D eigenvalue weighted by Gasteiger charge is 2.15. The molecule has 0 aliphatic rings. The Kier molecular flexibility index (Phi) is 2.81. The van der Waals surface area contributed by atoms with E-state index in [1.807, 2.05) is 30.3 Å². The molecule has 86 valence electrons. The number of hydrogen-bond donors (Lipinski definition) is 2. The quantitative estimate of drug-likeness (QED) is 0.601. The Morgan fingerprint density at radius 2 is 2.18 bits per heavy atom. The number of allylic oxidation sites excluding steroid dienone is 1. The van der Waals surface area contributed by atoms with Crippen LogP contribution >= 0.6 is 0 Å². The Balaban J connectivity index is 2.72. The monoisotopic (exact) mass is 229 g/mol. The summed E-state index contributed by atoms with van der Waals surface area (Å²) in [5.41, 5.74) is 1.59. The topological polar surface area (TPSA) is 82.1 Å². The van der Waals surface area contributed by atoms with Gasteiger partial charge in [-0.05, 0) is 12.1 Å². The smallest absolute Gasteiger partial charge is 0.155 e. The van der Waals surface area contributed by atoms with Crippen LogP contribution in [0.1, 0.15) is 5.82 Å². The zero-order valence-corrected chi connectivity index (χ0v) is 9.25. The third-order valence-corrected chi connectivity index (χ3v) is 2.56. The molecule has 0 amide bonds. The summed E-state index contributed by atoms with van der Waals surface area (Å²) in [6, 6.07) is 9.27. The molecule has 1 aromatic heterocycles. The molecule has 0 saturated carbocycles. The number of nitrogens with zero attached hydrogens (tertiary/aromatic N) is 3. The highest BCUT2D eigenvalue weighted by atomic mass is 16.3.